The molecule has 1 aliphatic rings. The van der Waals surface area contributed by atoms with E-state index in [0.717, 1.165) is 44.7 Å². The maximum absolute atomic E-state index is 6.19. The van der Waals surface area contributed by atoms with Gasteiger partial charge >= 0.3 is 0 Å². The molecule has 0 spiro atoms. The summed E-state index contributed by atoms with van der Waals surface area (Å²) in [6.07, 6.45) is 4.74. The van der Waals surface area contributed by atoms with Crippen LogP contribution in [0.15, 0.2) is 22.8 Å². The van der Waals surface area contributed by atoms with Gasteiger partial charge in [-0.15, -0.1) is 0 Å². The van der Waals surface area contributed by atoms with Crippen molar-refractivity contribution in [3.05, 3.63) is 24.2 Å². The Kier molecular flexibility index (Phi) is 4.89. The second-order valence-electron chi connectivity index (χ2n) is 6.10. The van der Waals surface area contributed by atoms with E-state index in [0.29, 0.717) is 6.54 Å². The monoisotopic (exact) mass is 280 g/mol. The minimum absolute atomic E-state index is 0.0184. The number of rotatable bonds is 6. The summed E-state index contributed by atoms with van der Waals surface area (Å²) in [5.74, 6) is 1.00. The van der Waals surface area contributed by atoms with E-state index in [2.05, 4.69) is 25.7 Å². The first kappa shape index (κ1) is 15.5. The molecule has 0 aliphatic carbocycles. The summed E-state index contributed by atoms with van der Waals surface area (Å²) in [5.41, 5.74) is 6.15. The summed E-state index contributed by atoms with van der Waals surface area (Å²) in [7, 11) is 0. The summed E-state index contributed by atoms with van der Waals surface area (Å²) in [6, 6.07) is 3.98. The van der Waals surface area contributed by atoms with E-state index in [-0.39, 0.29) is 11.1 Å². The minimum Gasteiger partial charge on any atom is -0.468 e. The lowest BCUT2D eigenvalue weighted by Gasteiger charge is -2.51. The van der Waals surface area contributed by atoms with Gasteiger partial charge in [-0.1, -0.05) is 13.8 Å². The first-order valence-electron chi connectivity index (χ1n) is 7.69. The zero-order valence-electron chi connectivity index (χ0n) is 13.0. The summed E-state index contributed by atoms with van der Waals surface area (Å²) >= 11 is 0. The third-order valence-electron chi connectivity index (χ3n) is 4.83. The average Bonchev–Trinajstić information content (AvgIpc) is 2.97. The molecule has 2 heterocycles. The van der Waals surface area contributed by atoms with Gasteiger partial charge in [-0.2, -0.15) is 0 Å². The van der Waals surface area contributed by atoms with Gasteiger partial charge in [0.2, 0.25) is 0 Å². The fourth-order valence-electron chi connectivity index (χ4n) is 3.33. The molecule has 0 saturated carbocycles. The highest BCUT2D eigenvalue weighted by molar-refractivity contribution is 5.04. The maximum atomic E-state index is 6.19. The van der Waals surface area contributed by atoms with Crippen molar-refractivity contribution >= 4 is 0 Å². The summed E-state index contributed by atoms with van der Waals surface area (Å²) in [4.78, 5) is 2.46. The first-order valence-corrected chi connectivity index (χ1v) is 7.69. The second kappa shape index (κ2) is 6.29. The Hall–Kier alpha value is -0.840. The van der Waals surface area contributed by atoms with Crippen LogP contribution in [0.4, 0.5) is 0 Å². The van der Waals surface area contributed by atoms with Gasteiger partial charge in [-0.25, -0.2) is 0 Å². The van der Waals surface area contributed by atoms with Gasteiger partial charge in [0.1, 0.15) is 5.76 Å². The number of hydrogen-bond donors (Lipinski definition) is 1. The van der Waals surface area contributed by atoms with Gasteiger partial charge in [0.15, 0.2) is 0 Å². The van der Waals surface area contributed by atoms with Crippen molar-refractivity contribution in [2.75, 3.05) is 19.7 Å². The molecule has 0 bridgehead atoms. The van der Waals surface area contributed by atoms with Gasteiger partial charge in [0, 0.05) is 18.7 Å². The predicted molar refractivity (Wildman–Crippen MR) is 80.5 cm³/mol. The number of furan rings is 1. The van der Waals surface area contributed by atoms with Gasteiger partial charge in [-0.3, -0.25) is 4.90 Å². The molecule has 0 radical (unpaired) electrons. The lowest BCUT2D eigenvalue weighted by Crippen LogP contribution is -2.60. The molecule has 1 aromatic rings. The van der Waals surface area contributed by atoms with Crippen LogP contribution in [-0.4, -0.2) is 35.7 Å². The Balaban J connectivity index is 2.18. The quantitative estimate of drug-likeness (QED) is 0.870. The van der Waals surface area contributed by atoms with Crippen LogP contribution in [0.2, 0.25) is 0 Å². The van der Waals surface area contributed by atoms with Crippen molar-refractivity contribution < 1.29 is 9.15 Å². The lowest BCUT2D eigenvalue weighted by atomic mass is 9.78. The average molecular weight is 280 g/mol. The zero-order chi connectivity index (χ0) is 14.6. The van der Waals surface area contributed by atoms with E-state index in [1.54, 1.807) is 6.26 Å². The molecule has 1 saturated heterocycles. The molecule has 1 aromatic heterocycles. The van der Waals surface area contributed by atoms with Gasteiger partial charge < -0.3 is 14.9 Å². The van der Waals surface area contributed by atoms with Gasteiger partial charge in [0.05, 0.1) is 18.4 Å². The van der Waals surface area contributed by atoms with Crippen molar-refractivity contribution in [1.82, 2.24) is 4.90 Å². The first-order chi connectivity index (χ1) is 9.57. The van der Waals surface area contributed by atoms with E-state index in [9.17, 15) is 0 Å². The molecule has 2 N–H and O–H groups in total. The van der Waals surface area contributed by atoms with E-state index >= 15 is 0 Å². The summed E-state index contributed by atoms with van der Waals surface area (Å²) < 4.78 is 11.5. The molecular weight excluding hydrogens is 252 g/mol. The molecule has 1 aliphatic heterocycles. The Morgan fingerprint density at radius 3 is 2.75 bits per heavy atom. The molecule has 4 heteroatoms. The van der Waals surface area contributed by atoms with Crippen LogP contribution in [0.1, 0.15) is 45.8 Å². The van der Waals surface area contributed by atoms with Crippen LogP contribution in [0.3, 0.4) is 0 Å². The summed E-state index contributed by atoms with van der Waals surface area (Å²) in [5, 5.41) is 0. The van der Waals surface area contributed by atoms with Crippen LogP contribution in [-0.2, 0) is 11.3 Å². The molecule has 2 unspecified atom stereocenters. The highest BCUT2D eigenvalue weighted by Crippen LogP contribution is 2.38. The molecule has 2 atom stereocenters. The third-order valence-corrected chi connectivity index (χ3v) is 4.83. The van der Waals surface area contributed by atoms with Crippen molar-refractivity contribution in [3.63, 3.8) is 0 Å². The van der Waals surface area contributed by atoms with Crippen LogP contribution in [0, 0.1) is 0 Å². The van der Waals surface area contributed by atoms with Crippen LogP contribution < -0.4 is 5.73 Å². The molecule has 4 nitrogen and oxygen atoms in total. The fraction of sp³-hybridized carbons (Fsp3) is 0.750. The Labute approximate surface area is 122 Å². The van der Waals surface area contributed by atoms with E-state index in [1.165, 1.54) is 0 Å². The number of hydrogen-bond acceptors (Lipinski definition) is 4. The minimum atomic E-state index is -0.0613. The summed E-state index contributed by atoms with van der Waals surface area (Å²) in [6.45, 7) is 9.83. The van der Waals surface area contributed by atoms with Crippen LogP contribution >= 0.6 is 0 Å². The van der Waals surface area contributed by atoms with Gasteiger partial charge in [-0.05, 0) is 44.9 Å². The molecule has 0 amide bonds. The standard InChI is InChI=1S/C16H28N2O2/c1-4-15(3)12-16(13-17,8-10-20-15)18(5-2)11-14-7-6-9-19-14/h6-7,9H,4-5,8,10-13,17H2,1-3H3. The van der Waals surface area contributed by atoms with E-state index in [4.69, 9.17) is 14.9 Å². The van der Waals surface area contributed by atoms with Gasteiger partial charge in [0.25, 0.3) is 0 Å². The zero-order valence-corrected chi connectivity index (χ0v) is 13.0. The lowest BCUT2D eigenvalue weighted by molar-refractivity contribution is -0.131. The number of nitrogens with zero attached hydrogens (tertiary/aromatic N) is 1. The second-order valence-corrected chi connectivity index (χ2v) is 6.10. The van der Waals surface area contributed by atoms with E-state index < -0.39 is 0 Å². The highest BCUT2D eigenvalue weighted by atomic mass is 16.5. The number of nitrogens with two attached hydrogens (primary N) is 1. The van der Waals surface area contributed by atoms with Crippen molar-refractivity contribution in [1.29, 1.82) is 0 Å². The molecule has 20 heavy (non-hydrogen) atoms. The number of likely N-dealkylation sites (N-methyl/N-ethyl adjacent to an activating group) is 1. The normalized spacial score (nSPS) is 30.9. The Morgan fingerprint density at radius 1 is 1.40 bits per heavy atom. The molecule has 0 aromatic carbocycles. The Bertz CT molecular complexity index is 407. The Morgan fingerprint density at radius 2 is 2.20 bits per heavy atom. The molecule has 2 rings (SSSR count). The predicted octanol–water partition coefficient (Wildman–Crippen LogP) is 2.78. The largest absolute Gasteiger partial charge is 0.468 e. The van der Waals surface area contributed by atoms with Crippen LogP contribution in [0.25, 0.3) is 0 Å². The van der Waals surface area contributed by atoms with Crippen molar-refractivity contribution in [3.8, 4) is 0 Å². The fourth-order valence-corrected chi connectivity index (χ4v) is 3.33. The number of ether oxygens (including phenoxy) is 1. The third kappa shape index (κ3) is 3.08. The maximum Gasteiger partial charge on any atom is 0.117 e. The van der Waals surface area contributed by atoms with Crippen molar-refractivity contribution in [2.24, 2.45) is 5.73 Å². The van der Waals surface area contributed by atoms with Crippen LogP contribution in [0.5, 0.6) is 0 Å². The van der Waals surface area contributed by atoms with E-state index in [1.807, 2.05) is 12.1 Å². The topological polar surface area (TPSA) is 51.6 Å². The van der Waals surface area contributed by atoms with Crippen molar-refractivity contribution in [2.45, 2.75) is 57.7 Å². The smallest absolute Gasteiger partial charge is 0.117 e. The highest BCUT2D eigenvalue weighted by Gasteiger charge is 2.44. The molecule has 1 fully saturated rings. The SMILES string of the molecule is CCN(Cc1ccco1)C1(CN)CCOC(C)(CC)C1. The molecule has 114 valence electrons. The molecular formula is C16H28N2O2.